The van der Waals surface area contributed by atoms with Gasteiger partial charge in [0.05, 0.1) is 10.6 Å². The first-order valence-corrected chi connectivity index (χ1v) is 9.85. The van der Waals surface area contributed by atoms with Crippen LogP contribution in [0.15, 0.2) is 53.7 Å². The summed E-state index contributed by atoms with van der Waals surface area (Å²) in [4.78, 5) is 38.2. The molecule has 1 unspecified atom stereocenters. The first-order chi connectivity index (χ1) is 13.9. The molecule has 1 aliphatic heterocycles. The molecule has 0 fully saturated rings. The first kappa shape index (κ1) is 19.3. The van der Waals surface area contributed by atoms with Crippen LogP contribution >= 0.6 is 11.6 Å². The van der Waals surface area contributed by atoms with Gasteiger partial charge in [0.15, 0.2) is 5.78 Å². The molecule has 0 saturated carbocycles. The highest BCUT2D eigenvalue weighted by atomic mass is 35.5. The number of nitrogens with zero attached hydrogens (tertiary/aromatic N) is 2. The Kier molecular flexibility index (Phi) is 4.96. The number of ketones is 1. The third-order valence-electron chi connectivity index (χ3n) is 5.66. The number of amides is 1. The second-order valence-electron chi connectivity index (χ2n) is 7.36. The lowest BCUT2D eigenvalue weighted by Crippen LogP contribution is -2.40. The zero-order valence-electron chi connectivity index (χ0n) is 15.9. The van der Waals surface area contributed by atoms with Crippen LogP contribution in [0.3, 0.4) is 0 Å². The van der Waals surface area contributed by atoms with E-state index in [2.05, 4.69) is 0 Å². The minimum absolute atomic E-state index is 0.0174. The van der Waals surface area contributed by atoms with Gasteiger partial charge >= 0.3 is 0 Å². The zero-order valence-corrected chi connectivity index (χ0v) is 16.6. The second-order valence-corrected chi connectivity index (χ2v) is 7.76. The summed E-state index contributed by atoms with van der Waals surface area (Å²) in [6.07, 6.45) is 1.89. The Labute approximate surface area is 172 Å². The number of carbonyl (C=O) groups excluding carboxylic acids is 2. The molecule has 2 aliphatic rings. The minimum atomic E-state index is -0.462. The van der Waals surface area contributed by atoms with E-state index in [1.807, 2.05) is 13.0 Å². The Morgan fingerprint density at radius 2 is 1.83 bits per heavy atom. The maximum absolute atomic E-state index is 13.2. The van der Waals surface area contributed by atoms with E-state index in [-0.39, 0.29) is 29.7 Å². The van der Waals surface area contributed by atoms with Crippen molar-refractivity contribution in [3.05, 3.63) is 80.0 Å². The van der Waals surface area contributed by atoms with Gasteiger partial charge in [-0.05, 0) is 43.0 Å². The number of Topliss-reactive ketones (excluding diaryl/α,β-unsaturated/α-hetero) is 1. The highest BCUT2D eigenvalue weighted by Gasteiger charge is 2.40. The molecular weight excluding hydrogens is 392 g/mol. The molecule has 0 saturated heterocycles. The molecule has 1 amide bonds. The maximum atomic E-state index is 13.2. The van der Waals surface area contributed by atoms with Crippen LogP contribution in [0.2, 0.25) is 5.02 Å². The lowest BCUT2D eigenvalue weighted by atomic mass is 9.77. The normalized spacial score (nSPS) is 19.4. The summed E-state index contributed by atoms with van der Waals surface area (Å²) in [6, 6.07) is 11.5. The van der Waals surface area contributed by atoms with Crippen molar-refractivity contribution in [3.63, 3.8) is 0 Å². The van der Waals surface area contributed by atoms with E-state index in [4.69, 9.17) is 11.6 Å². The highest BCUT2D eigenvalue weighted by molar-refractivity contribution is 6.31. The number of carbonyl (C=O) groups is 2. The third kappa shape index (κ3) is 3.34. The highest BCUT2D eigenvalue weighted by Crippen LogP contribution is 2.44. The quantitative estimate of drug-likeness (QED) is 0.521. The molecule has 6 nitrogen and oxygen atoms in total. The number of halogens is 1. The van der Waals surface area contributed by atoms with E-state index in [1.54, 1.807) is 29.2 Å². The molecule has 0 aromatic heterocycles. The van der Waals surface area contributed by atoms with Gasteiger partial charge in [0, 0.05) is 47.2 Å². The van der Waals surface area contributed by atoms with Crippen molar-refractivity contribution >= 4 is 34.7 Å². The molecule has 7 heteroatoms. The van der Waals surface area contributed by atoms with Gasteiger partial charge in [0.2, 0.25) is 5.91 Å². The fraction of sp³-hybridized carbons (Fsp3) is 0.273. The zero-order chi connectivity index (χ0) is 20.7. The second kappa shape index (κ2) is 7.44. The Morgan fingerprint density at radius 3 is 2.52 bits per heavy atom. The molecule has 2 aromatic rings. The fourth-order valence-corrected chi connectivity index (χ4v) is 4.39. The smallest absolute Gasteiger partial charge is 0.269 e. The predicted octanol–water partition coefficient (Wildman–Crippen LogP) is 5.08. The van der Waals surface area contributed by atoms with Crippen molar-refractivity contribution in [3.8, 4) is 0 Å². The number of hydrogen-bond donors (Lipinski definition) is 0. The van der Waals surface area contributed by atoms with Crippen LogP contribution in [0, 0.1) is 17.0 Å². The van der Waals surface area contributed by atoms with Crippen LogP contribution in [-0.4, -0.2) is 16.6 Å². The molecule has 1 aliphatic carbocycles. The largest absolute Gasteiger partial charge is 0.294 e. The lowest BCUT2D eigenvalue weighted by Gasteiger charge is -2.39. The van der Waals surface area contributed by atoms with Crippen molar-refractivity contribution in [1.82, 2.24) is 0 Å². The number of hydrogen-bond acceptors (Lipinski definition) is 4. The standard InChI is InChI=1S/C22H19ClN2O4/c1-13-17(23)4-2-5-18(13)24-19-6-3-7-20(26)22(19)16(12-21(24)27)14-8-10-15(11-9-14)25(28)29/h2,4-5,8-11,16H,3,6-7,12H2,1H3. The number of anilines is 1. The molecule has 29 heavy (non-hydrogen) atoms. The number of allylic oxidation sites excluding steroid dienone is 2. The average Bonchev–Trinajstić information content (AvgIpc) is 2.70. The van der Waals surface area contributed by atoms with E-state index >= 15 is 0 Å². The molecule has 0 radical (unpaired) electrons. The Morgan fingerprint density at radius 1 is 1.10 bits per heavy atom. The molecule has 4 rings (SSSR count). The molecule has 0 bridgehead atoms. The lowest BCUT2D eigenvalue weighted by molar-refractivity contribution is -0.384. The van der Waals surface area contributed by atoms with Crippen molar-refractivity contribution in [2.75, 3.05) is 4.90 Å². The molecule has 0 N–H and O–H groups in total. The molecule has 148 valence electrons. The number of nitro groups is 1. The summed E-state index contributed by atoms with van der Waals surface area (Å²) in [6.45, 7) is 1.86. The molecule has 1 atom stereocenters. The minimum Gasteiger partial charge on any atom is -0.294 e. The molecule has 2 aromatic carbocycles. The van der Waals surface area contributed by atoms with Crippen LogP contribution in [0.25, 0.3) is 0 Å². The average molecular weight is 411 g/mol. The van der Waals surface area contributed by atoms with Crippen LogP contribution in [0.4, 0.5) is 11.4 Å². The van der Waals surface area contributed by atoms with Gasteiger partial charge in [-0.25, -0.2) is 0 Å². The van der Waals surface area contributed by atoms with Crippen molar-refractivity contribution in [2.45, 2.75) is 38.5 Å². The van der Waals surface area contributed by atoms with Gasteiger partial charge in [-0.1, -0.05) is 29.8 Å². The monoisotopic (exact) mass is 410 g/mol. The SMILES string of the molecule is Cc1c(Cl)cccc1N1C(=O)CC(c2ccc([N+](=O)[O-])cc2)C2=C1CCCC2=O. The Hall–Kier alpha value is -2.99. The summed E-state index contributed by atoms with van der Waals surface area (Å²) in [5, 5.41) is 11.5. The molecule has 1 heterocycles. The van der Waals surface area contributed by atoms with E-state index in [1.165, 1.54) is 12.1 Å². The maximum Gasteiger partial charge on any atom is 0.269 e. The van der Waals surface area contributed by atoms with E-state index in [9.17, 15) is 19.7 Å². The Bertz CT molecular complexity index is 1060. The number of rotatable bonds is 3. The fourth-order valence-electron chi connectivity index (χ4n) is 4.22. The predicted molar refractivity (Wildman–Crippen MR) is 110 cm³/mol. The topological polar surface area (TPSA) is 80.5 Å². The van der Waals surface area contributed by atoms with Gasteiger partial charge in [0.1, 0.15) is 0 Å². The van der Waals surface area contributed by atoms with Gasteiger partial charge in [-0.3, -0.25) is 24.6 Å². The number of non-ortho nitro benzene ring substituents is 1. The number of nitro benzene ring substituents is 1. The first-order valence-electron chi connectivity index (χ1n) is 9.47. The van der Waals surface area contributed by atoms with Crippen molar-refractivity contribution in [1.29, 1.82) is 0 Å². The van der Waals surface area contributed by atoms with Crippen molar-refractivity contribution in [2.24, 2.45) is 0 Å². The summed E-state index contributed by atoms with van der Waals surface area (Å²) >= 11 is 6.27. The van der Waals surface area contributed by atoms with Crippen LogP contribution in [0.5, 0.6) is 0 Å². The van der Waals surface area contributed by atoms with Crippen LogP contribution in [0.1, 0.15) is 42.7 Å². The van der Waals surface area contributed by atoms with Gasteiger partial charge in [-0.15, -0.1) is 0 Å². The van der Waals surface area contributed by atoms with Gasteiger partial charge in [0.25, 0.3) is 5.69 Å². The van der Waals surface area contributed by atoms with E-state index < -0.39 is 4.92 Å². The summed E-state index contributed by atoms with van der Waals surface area (Å²) in [7, 11) is 0. The summed E-state index contributed by atoms with van der Waals surface area (Å²) < 4.78 is 0. The summed E-state index contributed by atoms with van der Waals surface area (Å²) in [5.41, 5.74) is 3.59. The molecule has 0 spiro atoms. The summed E-state index contributed by atoms with van der Waals surface area (Å²) in [5.74, 6) is -0.458. The van der Waals surface area contributed by atoms with Crippen molar-refractivity contribution < 1.29 is 14.5 Å². The van der Waals surface area contributed by atoms with Gasteiger partial charge < -0.3 is 0 Å². The van der Waals surface area contributed by atoms with Crippen LogP contribution in [-0.2, 0) is 9.59 Å². The van der Waals surface area contributed by atoms with E-state index in [0.717, 1.165) is 16.8 Å². The van der Waals surface area contributed by atoms with Gasteiger partial charge in [-0.2, -0.15) is 0 Å². The van der Waals surface area contributed by atoms with Crippen LogP contribution < -0.4 is 4.90 Å². The number of benzene rings is 2. The Balaban J connectivity index is 1.84. The molecular formula is C22H19ClN2O4. The van der Waals surface area contributed by atoms with E-state index in [0.29, 0.717) is 35.5 Å². The third-order valence-corrected chi connectivity index (χ3v) is 6.07.